The van der Waals surface area contributed by atoms with Crippen LogP contribution in [-0.2, 0) is 4.79 Å². The number of nitrogens with one attached hydrogen (secondary N) is 1. The number of carboxylic acids is 1. The minimum atomic E-state index is -0.802. The Morgan fingerprint density at radius 2 is 2.33 bits per heavy atom. The zero-order valence-electron chi connectivity index (χ0n) is 12.2. The quantitative estimate of drug-likeness (QED) is 0.889. The number of piperidine rings is 1. The van der Waals surface area contributed by atoms with Crippen LogP contribution in [0.4, 0.5) is 4.79 Å². The molecule has 0 radical (unpaired) electrons. The summed E-state index contributed by atoms with van der Waals surface area (Å²) in [6.07, 6.45) is 3.54. The molecule has 0 aliphatic carbocycles. The standard InChI is InChI=1S/C15H21N3O3/c1-11(13-6-2-3-7-16-13)17-15(21)18-8-4-5-12(10-18)9-14(19)20/h2-3,6-7,11-12H,4-5,8-10H2,1H3,(H,17,21)(H,19,20). The van der Waals surface area contributed by atoms with E-state index in [4.69, 9.17) is 5.11 Å². The highest BCUT2D eigenvalue weighted by molar-refractivity contribution is 5.75. The average molecular weight is 291 g/mol. The van der Waals surface area contributed by atoms with Crippen LogP contribution in [0.2, 0.25) is 0 Å². The number of nitrogens with zero attached hydrogens (tertiary/aromatic N) is 2. The fraction of sp³-hybridized carbons (Fsp3) is 0.533. The molecule has 2 amide bonds. The lowest BCUT2D eigenvalue weighted by Crippen LogP contribution is -2.46. The molecular formula is C15H21N3O3. The van der Waals surface area contributed by atoms with Gasteiger partial charge in [0.15, 0.2) is 0 Å². The maximum absolute atomic E-state index is 12.3. The van der Waals surface area contributed by atoms with E-state index in [1.54, 1.807) is 11.1 Å². The van der Waals surface area contributed by atoms with Crippen LogP contribution in [-0.4, -0.2) is 40.1 Å². The number of hydrogen-bond donors (Lipinski definition) is 2. The third kappa shape index (κ3) is 4.44. The highest BCUT2D eigenvalue weighted by atomic mass is 16.4. The van der Waals surface area contributed by atoms with Gasteiger partial charge in [0.2, 0.25) is 0 Å². The number of pyridine rings is 1. The summed E-state index contributed by atoms with van der Waals surface area (Å²) in [5.74, 6) is -0.753. The molecule has 1 aromatic rings. The van der Waals surface area contributed by atoms with E-state index in [2.05, 4.69) is 10.3 Å². The van der Waals surface area contributed by atoms with Gasteiger partial charge in [-0.2, -0.15) is 0 Å². The van der Waals surface area contributed by atoms with Gasteiger partial charge in [-0.1, -0.05) is 6.07 Å². The van der Waals surface area contributed by atoms with Gasteiger partial charge in [-0.15, -0.1) is 0 Å². The summed E-state index contributed by atoms with van der Waals surface area (Å²) in [5.41, 5.74) is 0.810. The fourth-order valence-corrected chi connectivity index (χ4v) is 2.65. The zero-order chi connectivity index (χ0) is 15.2. The van der Waals surface area contributed by atoms with Crippen molar-refractivity contribution in [3.05, 3.63) is 30.1 Å². The fourth-order valence-electron chi connectivity index (χ4n) is 2.65. The van der Waals surface area contributed by atoms with Gasteiger partial charge >= 0.3 is 12.0 Å². The molecular weight excluding hydrogens is 270 g/mol. The lowest BCUT2D eigenvalue weighted by Gasteiger charge is -2.33. The van der Waals surface area contributed by atoms with Crippen LogP contribution in [0.3, 0.4) is 0 Å². The molecule has 1 fully saturated rings. The Labute approximate surface area is 124 Å². The highest BCUT2D eigenvalue weighted by Crippen LogP contribution is 2.20. The van der Waals surface area contributed by atoms with E-state index in [1.165, 1.54) is 0 Å². The number of carbonyl (C=O) groups is 2. The van der Waals surface area contributed by atoms with Crippen LogP contribution in [0.1, 0.15) is 37.9 Å². The predicted octanol–water partition coefficient (Wildman–Crippen LogP) is 2.04. The molecule has 0 aromatic carbocycles. The van der Waals surface area contributed by atoms with Gasteiger partial charge in [0.1, 0.15) is 0 Å². The molecule has 1 aromatic heterocycles. The molecule has 1 aliphatic rings. The lowest BCUT2D eigenvalue weighted by molar-refractivity contribution is -0.138. The van der Waals surface area contributed by atoms with Crippen LogP contribution in [0.15, 0.2) is 24.4 Å². The number of urea groups is 1. The predicted molar refractivity (Wildman–Crippen MR) is 77.7 cm³/mol. The summed E-state index contributed by atoms with van der Waals surface area (Å²) in [7, 11) is 0. The molecule has 6 nitrogen and oxygen atoms in total. The highest BCUT2D eigenvalue weighted by Gasteiger charge is 2.26. The van der Waals surface area contributed by atoms with Gasteiger partial charge in [-0.3, -0.25) is 9.78 Å². The van der Waals surface area contributed by atoms with Gasteiger partial charge in [0.05, 0.1) is 11.7 Å². The summed E-state index contributed by atoms with van der Waals surface area (Å²) in [6, 6.07) is 5.27. The first-order valence-electron chi connectivity index (χ1n) is 7.24. The molecule has 114 valence electrons. The molecule has 0 spiro atoms. The first-order valence-corrected chi connectivity index (χ1v) is 7.24. The van der Waals surface area contributed by atoms with E-state index in [0.717, 1.165) is 18.5 Å². The number of carbonyl (C=O) groups excluding carboxylic acids is 1. The summed E-state index contributed by atoms with van der Waals surface area (Å²) in [6.45, 7) is 3.07. The van der Waals surface area contributed by atoms with E-state index in [-0.39, 0.29) is 24.4 Å². The van der Waals surface area contributed by atoms with Crippen molar-refractivity contribution in [3.63, 3.8) is 0 Å². The molecule has 2 atom stereocenters. The molecule has 0 bridgehead atoms. The summed E-state index contributed by atoms with van der Waals surface area (Å²) >= 11 is 0. The van der Waals surface area contributed by atoms with Crippen molar-refractivity contribution in [2.45, 2.75) is 32.2 Å². The first-order chi connectivity index (χ1) is 10.1. The third-order valence-electron chi connectivity index (χ3n) is 3.74. The number of aliphatic carboxylic acids is 1. The third-order valence-corrected chi connectivity index (χ3v) is 3.74. The summed E-state index contributed by atoms with van der Waals surface area (Å²) < 4.78 is 0. The number of hydrogen-bond acceptors (Lipinski definition) is 3. The minimum Gasteiger partial charge on any atom is -0.481 e. The number of rotatable bonds is 4. The molecule has 0 saturated carbocycles. The van der Waals surface area contributed by atoms with Crippen molar-refractivity contribution in [2.75, 3.05) is 13.1 Å². The molecule has 1 saturated heterocycles. The molecule has 2 rings (SSSR count). The van der Waals surface area contributed by atoms with Crippen LogP contribution in [0, 0.1) is 5.92 Å². The number of amides is 2. The molecule has 2 N–H and O–H groups in total. The van der Waals surface area contributed by atoms with Gasteiger partial charge in [-0.25, -0.2) is 4.79 Å². The molecule has 2 heterocycles. The van der Waals surface area contributed by atoms with E-state index in [0.29, 0.717) is 13.1 Å². The van der Waals surface area contributed by atoms with Crippen LogP contribution in [0.5, 0.6) is 0 Å². The SMILES string of the molecule is CC(NC(=O)N1CCCC(CC(=O)O)C1)c1ccccn1. The average Bonchev–Trinajstić information content (AvgIpc) is 2.47. The smallest absolute Gasteiger partial charge is 0.317 e. The summed E-state index contributed by atoms with van der Waals surface area (Å²) in [4.78, 5) is 29.0. The van der Waals surface area contributed by atoms with Gasteiger partial charge in [-0.05, 0) is 37.8 Å². The Morgan fingerprint density at radius 1 is 1.52 bits per heavy atom. The monoisotopic (exact) mass is 291 g/mol. The normalized spacial score (nSPS) is 19.9. The minimum absolute atomic E-state index is 0.0483. The van der Waals surface area contributed by atoms with E-state index >= 15 is 0 Å². The Bertz CT molecular complexity index is 492. The molecule has 2 unspecified atom stereocenters. The topological polar surface area (TPSA) is 82.5 Å². The maximum atomic E-state index is 12.3. The van der Waals surface area contributed by atoms with Crippen molar-refractivity contribution >= 4 is 12.0 Å². The second kappa shape index (κ2) is 7.06. The summed E-state index contributed by atoms with van der Waals surface area (Å²) in [5, 5.41) is 11.8. The van der Waals surface area contributed by atoms with Gasteiger partial charge in [0, 0.05) is 25.7 Å². The zero-order valence-corrected chi connectivity index (χ0v) is 12.2. The molecule has 1 aliphatic heterocycles. The van der Waals surface area contributed by atoms with Gasteiger partial charge < -0.3 is 15.3 Å². The van der Waals surface area contributed by atoms with Crippen molar-refractivity contribution in [2.24, 2.45) is 5.92 Å². The molecule has 21 heavy (non-hydrogen) atoms. The number of likely N-dealkylation sites (tertiary alicyclic amines) is 1. The largest absolute Gasteiger partial charge is 0.481 e. The number of aromatic nitrogens is 1. The Balaban J connectivity index is 1.89. The van der Waals surface area contributed by atoms with Crippen molar-refractivity contribution in [1.29, 1.82) is 0 Å². The van der Waals surface area contributed by atoms with Crippen molar-refractivity contribution < 1.29 is 14.7 Å². The van der Waals surface area contributed by atoms with E-state index in [9.17, 15) is 9.59 Å². The maximum Gasteiger partial charge on any atom is 0.317 e. The van der Waals surface area contributed by atoms with Crippen LogP contribution >= 0.6 is 0 Å². The van der Waals surface area contributed by atoms with Crippen molar-refractivity contribution in [1.82, 2.24) is 15.2 Å². The Kier molecular flexibility index (Phi) is 5.14. The first kappa shape index (κ1) is 15.3. The lowest BCUT2D eigenvalue weighted by atomic mass is 9.95. The van der Waals surface area contributed by atoms with E-state index < -0.39 is 5.97 Å². The van der Waals surface area contributed by atoms with E-state index in [1.807, 2.05) is 25.1 Å². The Hall–Kier alpha value is -2.11. The van der Waals surface area contributed by atoms with Crippen molar-refractivity contribution in [3.8, 4) is 0 Å². The van der Waals surface area contributed by atoms with Gasteiger partial charge in [0.25, 0.3) is 0 Å². The van der Waals surface area contributed by atoms with Crippen LogP contribution in [0.25, 0.3) is 0 Å². The second-order valence-corrected chi connectivity index (χ2v) is 5.48. The molecule has 6 heteroatoms. The Morgan fingerprint density at radius 3 is 3.00 bits per heavy atom. The second-order valence-electron chi connectivity index (χ2n) is 5.48. The number of carboxylic acid groups (broad SMARTS) is 1. The van der Waals surface area contributed by atoms with Crippen LogP contribution < -0.4 is 5.32 Å².